The van der Waals surface area contributed by atoms with Gasteiger partial charge in [-0.2, -0.15) is 0 Å². The summed E-state index contributed by atoms with van der Waals surface area (Å²) in [7, 11) is 0. The van der Waals surface area contributed by atoms with Gasteiger partial charge in [0, 0.05) is 0 Å². The molecular weight excluding hydrogens is 228 g/mol. The molecule has 0 amide bonds. The molecule has 1 atom stereocenters. The van der Waals surface area contributed by atoms with Crippen LogP contribution in [0.2, 0.25) is 0 Å². The Kier molecular flexibility index (Phi) is 3.38. The summed E-state index contributed by atoms with van der Waals surface area (Å²) in [5.41, 5.74) is -0.359. The van der Waals surface area contributed by atoms with Gasteiger partial charge in [0.15, 0.2) is 0 Å². The van der Waals surface area contributed by atoms with Gasteiger partial charge in [0.2, 0.25) is 0 Å². The molecule has 2 rings (SSSR count). The van der Waals surface area contributed by atoms with Crippen LogP contribution in [0, 0.1) is 11.6 Å². The molecule has 1 N–H and O–H groups in total. The van der Waals surface area contributed by atoms with E-state index in [0.29, 0.717) is 13.1 Å². The van der Waals surface area contributed by atoms with Crippen LogP contribution in [-0.2, 0) is 4.79 Å². The van der Waals surface area contributed by atoms with E-state index in [1.165, 1.54) is 6.07 Å². The maximum absolute atomic E-state index is 13.6. The molecule has 0 spiro atoms. The summed E-state index contributed by atoms with van der Waals surface area (Å²) in [4.78, 5) is 12.8. The summed E-state index contributed by atoms with van der Waals surface area (Å²) in [6.07, 6.45) is 1.72. The maximum Gasteiger partial charge on any atom is 0.325 e. The van der Waals surface area contributed by atoms with Gasteiger partial charge in [-0.1, -0.05) is 6.07 Å². The molecule has 0 unspecified atom stereocenters. The number of carbonyl (C=O) groups is 1. The highest BCUT2D eigenvalue weighted by Crippen LogP contribution is 2.29. The van der Waals surface area contributed by atoms with E-state index in [9.17, 15) is 13.6 Å². The number of hydrogen-bond donors (Lipinski definition) is 1. The minimum atomic E-state index is -1.22. The number of halogens is 2. The number of rotatable bonds is 3. The number of carboxylic acids is 1. The fourth-order valence-electron chi connectivity index (χ4n) is 2.23. The van der Waals surface area contributed by atoms with E-state index in [-0.39, 0.29) is 5.56 Å². The Bertz CT molecular complexity index is 410. The summed E-state index contributed by atoms with van der Waals surface area (Å²) in [5.74, 6) is -2.82. The average Bonchev–Trinajstić information content (AvgIpc) is 2.76. The monoisotopic (exact) mass is 241 g/mol. The summed E-state index contributed by atoms with van der Waals surface area (Å²) in [6.45, 7) is 1.12. The molecular formula is C12H13F2NO2. The standard InChI is InChI=1S/C12H13F2NO2/c13-8-4-3-5-9(14)10(8)11(12(16)17)15-6-1-2-7-15/h3-5,11H,1-2,6-7H2,(H,16,17)/t11-/m0/s1. The van der Waals surface area contributed by atoms with Crippen LogP contribution < -0.4 is 0 Å². The van der Waals surface area contributed by atoms with E-state index >= 15 is 0 Å². The fourth-order valence-corrected chi connectivity index (χ4v) is 2.23. The Morgan fingerprint density at radius 2 is 1.76 bits per heavy atom. The molecule has 5 heteroatoms. The number of likely N-dealkylation sites (tertiary alicyclic amines) is 1. The number of nitrogens with zero attached hydrogens (tertiary/aromatic N) is 1. The van der Waals surface area contributed by atoms with E-state index in [2.05, 4.69) is 0 Å². The molecule has 0 radical (unpaired) electrons. The van der Waals surface area contributed by atoms with E-state index in [4.69, 9.17) is 5.11 Å². The van der Waals surface area contributed by atoms with Gasteiger partial charge in [-0.05, 0) is 38.1 Å². The summed E-state index contributed by atoms with van der Waals surface area (Å²) >= 11 is 0. The predicted octanol–water partition coefficient (Wildman–Crippen LogP) is 2.19. The third-order valence-corrected chi connectivity index (χ3v) is 3.01. The van der Waals surface area contributed by atoms with Crippen LogP contribution in [0.3, 0.4) is 0 Å². The SMILES string of the molecule is O=C(O)[C@H](c1c(F)cccc1F)N1CCCC1. The number of hydrogen-bond acceptors (Lipinski definition) is 2. The van der Waals surface area contributed by atoms with Gasteiger partial charge in [-0.15, -0.1) is 0 Å². The third-order valence-electron chi connectivity index (χ3n) is 3.01. The van der Waals surface area contributed by atoms with Gasteiger partial charge in [-0.3, -0.25) is 9.69 Å². The van der Waals surface area contributed by atoms with Gasteiger partial charge in [0.25, 0.3) is 0 Å². The molecule has 0 bridgehead atoms. The quantitative estimate of drug-likeness (QED) is 0.881. The first-order valence-corrected chi connectivity index (χ1v) is 5.52. The van der Waals surface area contributed by atoms with Crippen molar-refractivity contribution in [3.05, 3.63) is 35.4 Å². The highest BCUT2D eigenvalue weighted by atomic mass is 19.1. The molecule has 1 aromatic carbocycles. The van der Waals surface area contributed by atoms with Crippen molar-refractivity contribution in [3.63, 3.8) is 0 Å². The van der Waals surface area contributed by atoms with Gasteiger partial charge >= 0.3 is 5.97 Å². The molecule has 1 saturated heterocycles. The Labute approximate surface area is 97.7 Å². The molecule has 1 aromatic rings. The van der Waals surface area contributed by atoms with Crippen LogP contribution in [0.15, 0.2) is 18.2 Å². The molecule has 0 saturated carbocycles. The van der Waals surface area contributed by atoms with Crippen LogP contribution >= 0.6 is 0 Å². The minimum absolute atomic E-state index is 0.359. The zero-order valence-electron chi connectivity index (χ0n) is 9.20. The van der Waals surface area contributed by atoms with E-state index in [0.717, 1.165) is 25.0 Å². The Morgan fingerprint density at radius 3 is 2.24 bits per heavy atom. The highest BCUT2D eigenvalue weighted by molar-refractivity contribution is 5.75. The largest absolute Gasteiger partial charge is 0.480 e. The Morgan fingerprint density at radius 1 is 1.24 bits per heavy atom. The molecule has 1 fully saturated rings. The molecule has 3 nitrogen and oxygen atoms in total. The van der Waals surface area contributed by atoms with E-state index in [1.807, 2.05) is 0 Å². The van der Waals surface area contributed by atoms with Crippen molar-refractivity contribution in [2.45, 2.75) is 18.9 Å². The van der Waals surface area contributed by atoms with Gasteiger partial charge in [0.05, 0.1) is 5.56 Å². The van der Waals surface area contributed by atoms with Crippen LogP contribution in [0.4, 0.5) is 8.78 Å². The topological polar surface area (TPSA) is 40.5 Å². The van der Waals surface area contributed by atoms with Gasteiger partial charge in [-0.25, -0.2) is 8.78 Å². The van der Waals surface area contributed by atoms with Crippen molar-refractivity contribution in [2.75, 3.05) is 13.1 Å². The van der Waals surface area contributed by atoms with Crippen molar-refractivity contribution in [3.8, 4) is 0 Å². The second-order valence-corrected chi connectivity index (χ2v) is 4.12. The van der Waals surface area contributed by atoms with Crippen molar-refractivity contribution in [1.29, 1.82) is 0 Å². The number of aliphatic carboxylic acids is 1. The molecule has 0 aromatic heterocycles. The van der Waals surface area contributed by atoms with E-state index < -0.39 is 23.6 Å². The minimum Gasteiger partial charge on any atom is -0.480 e. The zero-order chi connectivity index (χ0) is 12.4. The summed E-state index contributed by atoms with van der Waals surface area (Å²) in [5, 5.41) is 9.16. The summed E-state index contributed by atoms with van der Waals surface area (Å²) < 4.78 is 27.2. The molecule has 0 aliphatic carbocycles. The lowest BCUT2D eigenvalue weighted by molar-refractivity contribution is -0.143. The highest BCUT2D eigenvalue weighted by Gasteiger charge is 2.33. The Balaban J connectivity index is 2.42. The molecule has 17 heavy (non-hydrogen) atoms. The number of carboxylic acid groups (broad SMARTS) is 1. The predicted molar refractivity (Wildman–Crippen MR) is 57.5 cm³/mol. The zero-order valence-corrected chi connectivity index (χ0v) is 9.20. The maximum atomic E-state index is 13.6. The van der Waals surface area contributed by atoms with E-state index in [1.54, 1.807) is 4.90 Å². The first-order valence-electron chi connectivity index (χ1n) is 5.52. The molecule has 1 aliphatic heterocycles. The molecule has 1 aliphatic rings. The molecule has 1 heterocycles. The van der Waals surface area contributed by atoms with Crippen LogP contribution in [0.1, 0.15) is 24.4 Å². The lowest BCUT2D eigenvalue weighted by Crippen LogP contribution is -2.33. The van der Waals surface area contributed by atoms with Crippen molar-refractivity contribution in [1.82, 2.24) is 4.90 Å². The van der Waals surface area contributed by atoms with Crippen molar-refractivity contribution < 1.29 is 18.7 Å². The third kappa shape index (κ3) is 2.29. The lowest BCUT2D eigenvalue weighted by atomic mass is 10.0. The fraction of sp³-hybridized carbons (Fsp3) is 0.417. The van der Waals surface area contributed by atoms with Gasteiger partial charge in [0.1, 0.15) is 17.7 Å². The van der Waals surface area contributed by atoms with Crippen LogP contribution in [0.25, 0.3) is 0 Å². The van der Waals surface area contributed by atoms with Crippen molar-refractivity contribution in [2.24, 2.45) is 0 Å². The van der Waals surface area contributed by atoms with Crippen LogP contribution in [0.5, 0.6) is 0 Å². The average molecular weight is 241 g/mol. The first-order chi connectivity index (χ1) is 8.11. The smallest absolute Gasteiger partial charge is 0.325 e. The lowest BCUT2D eigenvalue weighted by Gasteiger charge is -2.24. The van der Waals surface area contributed by atoms with Crippen LogP contribution in [-0.4, -0.2) is 29.1 Å². The second-order valence-electron chi connectivity index (χ2n) is 4.12. The summed E-state index contributed by atoms with van der Waals surface area (Å²) in [6, 6.07) is 2.19. The first kappa shape index (κ1) is 12.0. The van der Waals surface area contributed by atoms with Crippen molar-refractivity contribution >= 4 is 5.97 Å². The normalized spacial score (nSPS) is 18.2. The Hall–Kier alpha value is -1.49. The van der Waals surface area contributed by atoms with Gasteiger partial charge < -0.3 is 5.11 Å². The second kappa shape index (κ2) is 4.79. The number of benzene rings is 1. The molecule has 92 valence electrons.